The van der Waals surface area contributed by atoms with Gasteiger partial charge >= 0.3 is 0 Å². The molecule has 27 heavy (non-hydrogen) atoms. The van der Waals surface area contributed by atoms with E-state index < -0.39 is 0 Å². The summed E-state index contributed by atoms with van der Waals surface area (Å²) in [4.78, 5) is 26.8. The molecule has 3 fully saturated rings. The fraction of sp³-hybridized carbons (Fsp3) is 0.818. The van der Waals surface area contributed by atoms with E-state index in [1.807, 2.05) is 11.9 Å². The van der Waals surface area contributed by atoms with Gasteiger partial charge in [0.05, 0.1) is 6.61 Å². The number of nitrogens with zero attached hydrogens (tertiary/aromatic N) is 1. The smallest absolute Gasteiger partial charge is 0.246 e. The fourth-order valence-corrected chi connectivity index (χ4v) is 7.47. The molecule has 3 aliphatic carbocycles. The Balaban J connectivity index is 1.58. The number of hydrogen-bond donors (Lipinski definition) is 2. The predicted molar refractivity (Wildman–Crippen MR) is 104 cm³/mol. The lowest BCUT2D eigenvalue weighted by Gasteiger charge is -2.60. The number of nitrogens with one attached hydrogen (secondary N) is 1. The topological polar surface area (TPSA) is 69.6 Å². The van der Waals surface area contributed by atoms with Gasteiger partial charge in [-0.3, -0.25) is 9.59 Å². The van der Waals surface area contributed by atoms with Crippen LogP contribution in [0.5, 0.6) is 0 Å². The molecule has 0 aromatic heterocycles. The monoisotopic (exact) mass is 374 g/mol. The van der Waals surface area contributed by atoms with Crippen molar-refractivity contribution in [2.24, 2.45) is 34.5 Å². The van der Waals surface area contributed by atoms with Crippen LogP contribution in [0, 0.1) is 34.5 Å². The Kier molecular flexibility index (Phi) is 4.65. The van der Waals surface area contributed by atoms with Crippen LogP contribution in [-0.4, -0.2) is 48.1 Å². The third kappa shape index (κ3) is 2.68. The van der Waals surface area contributed by atoms with Crippen molar-refractivity contribution in [1.82, 2.24) is 10.2 Å². The Bertz CT molecular complexity index is 662. The molecular formula is C22H34N2O3. The fourth-order valence-electron chi connectivity index (χ4n) is 7.47. The SMILES string of the molecule is CN1C(=O)C=C[C@]2(C)[C@H]3CC[C@]4(C)[C@@H](C(=O)NCCO)CC[C@H]4[C@@H]3CC[C@@H]12. The average Bonchev–Trinajstić information content (AvgIpc) is 3.00. The molecule has 2 amide bonds. The number of aliphatic hydroxyl groups is 1. The van der Waals surface area contributed by atoms with Crippen molar-refractivity contribution in [2.45, 2.75) is 58.4 Å². The second kappa shape index (κ2) is 6.61. The number of carbonyl (C=O) groups is 2. The standard InChI is InChI=1S/C22H34N2O3/c1-21-10-8-16-14(15(21)5-6-17(21)20(27)23-12-13-25)4-7-18-22(16,2)11-9-19(26)24(18)3/h9,11,14-18,25H,4-8,10,12-13H2,1-3H3,(H,23,27)/t14-,15-,16-,17+,18+,21-,22+/m0/s1. The van der Waals surface area contributed by atoms with Crippen molar-refractivity contribution >= 4 is 11.8 Å². The zero-order chi connectivity index (χ0) is 19.4. The first kappa shape index (κ1) is 19.0. The Morgan fingerprint density at radius 2 is 2.00 bits per heavy atom. The highest BCUT2D eigenvalue weighted by Crippen LogP contribution is 2.65. The zero-order valence-electron chi connectivity index (χ0n) is 16.9. The molecule has 2 N–H and O–H groups in total. The summed E-state index contributed by atoms with van der Waals surface area (Å²) in [5.41, 5.74) is 0.133. The van der Waals surface area contributed by atoms with Crippen molar-refractivity contribution < 1.29 is 14.7 Å². The number of amides is 2. The van der Waals surface area contributed by atoms with Crippen LogP contribution in [0.4, 0.5) is 0 Å². The van der Waals surface area contributed by atoms with Gasteiger partial charge in [0.1, 0.15) is 0 Å². The number of carbonyl (C=O) groups excluding carboxylic acids is 2. The summed E-state index contributed by atoms with van der Waals surface area (Å²) in [6, 6.07) is 0.311. The highest BCUT2D eigenvalue weighted by molar-refractivity contribution is 5.89. The normalized spacial score (nSPS) is 45.9. The number of aliphatic hydroxyl groups excluding tert-OH is 1. The molecule has 4 rings (SSSR count). The van der Waals surface area contributed by atoms with Gasteiger partial charge in [0.2, 0.25) is 11.8 Å². The number of fused-ring (bicyclic) bond motifs is 5. The van der Waals surface area contributed by atoms with E-state index in [0.29, 0.717) is 30.3 Å². The van der Waals surface area contributed by atoms with Crippen molar-refractivity contribution in [3.63, 3.8) is 0 Å². The molecule has 0 aromatic rings. The molecule has 0 radical (unpaired) electrons. The van der Waals surface area contributed by atoms with Gasteiger partial charge in [-0.25, -0.2) is 0 Å². The summed E-state index contributed by atoms with van der Waals surface area (Å²) in [6.07, 6.45) is 10.6. The van der Waals surface area contributed by atoms with E-state index in [4.69, 9.17) is 5.11 Å². The van der Waals surface area contributed by atoms with Gasteiger partial charge in [-0.05, 0) is 67.8 Å². The molecule has 4 aliphatic rings. The molecule has 0 bridgehead atoms. The summed E-state index contributed by atoms with van der Waals surface area (Å²) < 4.78 is 0. The van der Waals surface area contributed by atoms with Gasteiger partial charge in [0.25, 0.3) is 0 Å². The van der Waals surface area contributed by atoms with Crippen LogP contribution in [0.2, 0.25) is 0 Å². The number of hydrogen-bond acceptors (Lipinski definition) is 3. The first-order valence-corrected chi connectivity index (χ1v) is 10.7. The zero-order valence-corrected chi connectivity index (χ0v) is 16.9. The Morgan fingerprint density at radius 1 is 1.22 bits per heavy atom. The van der Waals surface area contributed by atoms with Gasteiger partial charge in [-0.15, -0.1) is 0 Å². The third-order valence-corrected chi connectivity index (χ3v) is 8.86. The van der Waals surface area contributed by atoms with Gasteiger partial charge < -0.3 is 15.3 Å². The maximum absolute atomic E-state index is 12.7. The summed E-state index contributed by atoms with van der Waals surface area (Å²) in [5.74, 6) is 2.18. The molecule has 0 aromatic carbocycles. The lowest BCUT2D eigenvalue weighted by atomic mass is 9.47. The highest BCUT2D eigenvalue weighted by atomic mass is 16.3. The molecular weight excluding hydrogens is 340 g/mol. The van der Waals surface area contributed by atoms with E-state index in [9.17, 15) is 9.59 Å². The summed E-state index contributed by atoms with van der Waals surface area (Å²) in [5, 5.41) is 12.0. The Labute approximate surface area is 162 Å². The lowest BCUT2D eigenvalue weighted by molar-refractivity contribution is -0.142. The molecule has 3 saturated carbocycles. The first-order chi connectivity index (χ1) is 12.8. The van der Waals surface area contributed by atoms with Crippen molar-refractivity contribution in [3.8, 4) is 0 Å². The van der Waals surface area contributed by atoms with Crippen LogP contribution in [0.1, 0.15) is 52.4 Å². The van der Waals surface area contributed by atoms with Crippen molar-refractivity contribution in [2.75, 3.05) is 20.2 Å². The minimum Gasteiger partial charge on any atom is -0.395 e. The van der Waals surface area contributed by atoms with Crippen LogP contribution in [0.25, 0.3) is 0 Å². The van der Waals surface area contributed by atoms with Crippen LogP contribution in [0.3, 0.4) is 0 Å². The van der Waals surface area contributed by atoms with E-state index in [0.717, 1.165) is 32.1 Å². The molecule has 7 atom stereocenters. The minimum atomic E-state index is 0.00160. The van der Waals surface area contributed by atoms with E-state index in [1.165, 1.54) is 6.42 Å². The first-order valence-electron chi connectivity index (χ1n) is 10.7. The van der Waals surface area contributed by atoms with E-state index in [2.05, 4.69) is 25.2 Å². The summed E-state index contributed by atoms with van der Waals surface area (Å²) >= 11 is 0. The Hall–Kier alpha value is -1.36. The maximum Gasteiger partial charge on any atom is 0.246 e. The van der Waals surface area contributed by atoms with Crippen LogP contribution in [0.15, 0.2) is 12.2 Å². The van der Waals surface area contributed by atoms with Crippen LogP contribution in [-0.2, 0) is 9.59 Å². The average molecular weight is 375 g/mol. The predicted octanol–water partition coefficient (Wildman–Crippen LogP) is 2.35. The minimum absolute atomic E-state index is 0.00160. The van der Waals surface area contributed by atoms with Crippen LogP contribution >= 0.6 is 0 Å². The molecule has 5 heteroatoms. The van der Waals surface area contributed by atoms with Gasteiger partial charge in [-0.2, -0.15) is 0 Å². The molecule has 0 spiro atoms. The van der Waals surface area contributed by atoms with Gasteiger partial charge in [-0.1, -0.05) is 19.9 Å². The van der Waals surface area contributed by atoms with Crippen molar-refractivity contribution in [1.29, 1.82) is 0 Å². The summed E-state index contributed by atoms with van der Waals surface area (Å²) in [7, 11) is 1.96. The number of rotatable bonds is 3. The third-order valence-electron chi connectivity index (χ3n) is 8.86. The number of likely N-dealkylation sites (N-methyl/N-ethyl adjacent to an activating group) is 1. The highest BCUT2D eigenvalue weighted by Gasteiger charge is 2.61. The molecule has 1 aliphatic heterocycles. The van der Waals surface area contributed by atoms with E-state index in [-0.39, 0.29) is 35.2 Å². The Morgan fingerprint density at radius 3 is 2.74 bits per heavy atom. The van der Waals surface area contributed by atoms with E-state index >= 15 is 0 Å². The largest absolute Gasteiger partial charge is 0.395 e. The van der Waals surface area contributed by atoms with Crippen LogP contribution < -0.4 is 5.32 Å². The summed E-state index contributed by atoms with van der Waals surface area (Å²) in [6.45, 7) is 5.05. The van der Waals surface area contributed by atoms with E-state index in [1.54, 1.807) is 6.08 Å². The van der Waals surface area contributed by atoms with Crippen molar-refractivity contribution in [3.05, 3.63) is 12.2 Å². The molecule has 150 valence electrons. The second-order valence-corrected chi connectivity index (χ2v) is 9.81. The van der Waals surface area contributed by atoms with Gasteiger partial charge in [0, 0.05) is 31.0 Å². The maximum atomic E-state index is 12.7. The molecule has 0 unspecified atom stereocenters. The molecule has 0 saturated heterocycles. The molecule has 5 nitrogen and oxygen atoms in total. The molecule has 1 heterocycles. The quantitative estimate of drug-likeness (QED) is 0.797. The van der Waals surface area contributed by atoms with Gasteiger partial charge in [0.15, 0.2) is 0 Å². The lowest BCUT2D eigenvalue weighted by Crippen LogP contribution is -2.59. The second-order valence-electron chi connectivity index (χ2n) is 9.81.